The standard InChI is InChI=1S/C19H25NO2/c1-12-5-7-20(8-6-12)17(21)10-16-11-22-19-15(4)13(2)9-14(3)18(16)19/h9,11-12H,5-8,10H2,1-4H3. The molecular formula is C19H25NO2. The van der Waals surface area contributed by atoms with E-state index in [2.05, 4.69) is 33.8 Å². The summed E-state index contributed by atoms with van der Waals surface area (Å²) in [6, 6.07) is 2.18. The lowest BCUT2D eigenvalue weighted by Gasteiger charge is -2.30. The molecule has 0 spiro atoms. The van der Waals surface area contributed by atoms with Gasteiger partial charge in [-0.15, -0.1) is 0 Å². The fourth-order valence-electron chi connectivity index (χ4n) is 3.45. The van der Waals surface area contributed by atoms with Gasteiger partial charge in [-0.25, -0.2) is 0 Å². The van der Waals surface area contributed by atoms with Crippen molar-refractivity contribution in [1.29, 1.82) is 0 Å². The van der Waals surface area contributed by atoms with Gasteiger partial charge in [0.25, 0.3) is 0 Å². The summed E-state index contributed by atoms with van der Waals surface area (Å²) in [5.41, 5.74) is 5.57. The summed E-state index contributed by atoms with van der Waals surface area (Å²) in [6.07, 6.45) is 4.46. The fourth-order valence-corrected chi connectivity index (χ4v) is 3.45. The Hall–Kier alpha value is -1.77. The lowest BCUT2D eigenvalue weighted by atomic mass is 9.97. The van der Waals surface area contributed by atoms with Crippen molar-refractivity contribution >= 4 is 16.9 Å². The van der Waals surface area contributed by atoms with Crippen LogP contribution in [0.4, 0.5) is 0 Å². The second-order valence-electron chi connectivity index (χ2n) is 6.84. The number of likely N-dealkylation sites (tertiary alicyclic amines) is 1. The molecule has 1 aromatic carbocycles. The first kappa shape index (κ1) is 15.1. The van der Waals surface area contributed by atoms with Gasteiger partial charge in [0, 0.05) is 24.0 Å². The van der Waals surface area contributed by atoms with Gasteiger partial charge in [-0.1, -0.05) is 13.0 Å². The summed E-state index contributed by atoms with van der Waals surface area (Å²) in [6.45, 7) is 10.3. The van der Waals surface area contributed by atoms with Gasteiger partial charge in [0.05, 0.1) is 12.7 Å². The zero-order valence-corrected chi connectivity index (χ0v) is 14.0. The van der Waals surface area contributed by atoms with Crippen LogP contribution in [0, 0.1) is 26.7 Å². The third-order valence-electron chi connectivity index (χ3n) is 5.10. The van der Waals surface area contributed by atoms with E-state index in [1.165, 1.54) is 16.7 Å². The molecule has 2 heterocycles. The minimum atomic E-state index is 0.229. The minimum Gasteiger partial charge on any atom is -0.464 e. The van der Waals surface area contributed by atoms with Crippen molar-refractivity contribution in [2.24, 2.45) is 5.92 Å². The van der Waals surface area contributed by atoms with E-state index >= 15 is 0 Å². The van der Waals surface area contributed by atoms with Crippen LogP contribution in [0.3, 0.4) is 0 Å². The Balaban J connectivity index is 1.85. The van der Waals surface area contributed by atoms with Gasteiger partial charge in [-0.3, -0.25) is 4.79 Å². The van der Waals surface area contributed by atoms with Crippen LogP contribution in [0.15, 0.2) is 16.7 Å². The first-order valence-corrected chi connectivity index (χ1v) is 8.22. The van der Waals surface area contributed by atoms with Crippen LogP contribution in [-0.4, -0.2) is 23.9 Å². The first-order chi connectivity index (χ1) is 10.5. The van der Waals surface area contributed by atoms with E-state index in [-0.39, 0.29) is 5.91 Å². The Morgan fingerprint density at radius 2 is 1.91 bits per heavy atom. The number of benzene rings is 1. The molecule has 0 radical (unpaired) electrons. The highest BCUT2D eigenvalue weighted by Crippen LogP contribution is 2.30. The van der Waals surface area contributed by atoms with Crippen molar-refractivity contribution in [1.82, 2.24) is 4.90 Å². The van der Waals surface area contributed by atoms with Gasteiger partial charge in [0.2, 0.25) is 5.91 Å². The molecule has 3 rings (SSSR count). The Morgan fingerprint density at radius 1 is 1.23 bits per heavy atom. The number of aryl methyl sites for hydroxylation is 3. The third kappa shape index (κ3) is 2.65. The van der Waals surface area contributed by atoms with Gasteiger partial charge in [-0.2, -0.15) is 0 Å². The molecule has 1 amide bonds. The molecule has 1 aliphatic rings. The van der Waals surface area contributed by atoms with Gasteiger partial charge in [0.15, 0.2) is 0 Å². The molecule has 22 heavy (non-hydrogen) atoms. The van der Waals surface area contributed by atoms with Crippen molar-refractivity contribution < 1.29 is 9.21 Å². The molecule has 0 saturated carbocycles. The minimum absolute atomic E-state index is 0.229. The Kier molecular flexibility index (Phi) is 3.98. The molecule has 3 heteroatoms. The van der Waals surface area contributed by atoms with E-state index in [9.17, 15) is 4.79 Å². The molecule has 1 aliphatic heterocycles. The zero-order chi connectivity index (χ0) is 15.9. The summed E-state index contributed by atoms with van der Waals surface area (Å²) >= 11 is 0. The van der Waals surface area contributed by atoms with Crippen LogP contribution < -0.4 is 0 Å². The Labute approximate surface area is 132 Å². The van der Waals surface area contributed by atoms with E-state index < -0.39 is 0 Å². The highest BCUT2D eigenvalue weighted by molar-refractivity contribution is 5.91. The number of nitrogens with zero attached hydrogens (tertiary/aromatic N) is 1. The molecular weight excluding hydrogens is 274 g/mol. The van der Waals surface area contributed by atoms with Gasteiger partial charge < -0.3 is 9.32 Å². The number of rotatable bonds is 2. The molecule has 1 aromatic heterocycles. The molecule has 3 nitrogen and oxygen atoms in total. The maximum atomic E-state index is 12.6. The third-order valence-corrected chi connectivity index (χ3v) is 5.10. The molecule has 0 N–H and O–H groups in total. The van der Waals surface area contributed by atoms with Crippen LogP contribution >= 0.6 is 0 Å². The van der Waals surface area contributed by atoms with E-state index in [0.29, 0.717) is 6.42 Å². The number of hydrogen-bond acceptors (Lipinski definition) is 2. The lowest BCUT2D eigenvalue weighted by molar-refractivity contribution is -0.131. The monoisotopic (exact) mass is 299 g/mol. The average Bonchev–Trinajstić information content (AvgIpc) is 2.90. The van der Waals surface area contributed by atoms with Crippen LogP contribution in [0.25, 0.3) is 11.0 Å². The highest BCUT2D eigenvalue weighted by Gasteiger charge is 2.22. The lowest BCUT2D eigenvalue weighted by Crippen LogP contribution is -2.38. The molecule has 0 unspecified atom stereocenters. The largest absolute Gasteiger partial charge is 0.464 e. The van der Waals surface area contributed by atoms with Crippen LogP contribution in [0.1, 0.15) is 42.0 Å². The number of piperidine rings is 1. The Bertz CT molecular complexity index is 706. The number of fused-ring (bicyclic) bond motifs is 1. The van der Waals surface area contributed by atoms with Crippen molar-refractivity contribution in [2.45, 2.75) is 47.0 Å². The smallest absolute Gasteiger partial charge is 0.227 e. The average molecular weight is 299 g/mol. The number of hydrogen-bond donors (Lipinski definition) is 0. The second kappa shape index (κ2) is 5.79. The van der Waals surface area contributed by atoms with Crippen molar-refractivity contribution in [3.8, 4) is 0 Å². The fraction of sp³-hybridized carbons (Fsp3) is 0.526. The molecule has 118 valence electrons. The number of carbonyl (C=O) groups is 1. The second-order valence-corrected chi connectivity index (χ2v) is 6.84. The van der Waals surface area contributed by atoms with Crippen LogP contribution in [0.2, 0.25) is 0 Å². The maximum Gasteiger partial charge on any atom is 0.227 e. The van der Waals surface area contributed by atoms with Gasteiger partial charge in [0.1, 0.15) is 5.58 Å². The summed E-state index contributed by atoms with van der Waals surface area (Å²) in [7, 11) is 0. The Morgan fingerprint density at radius 3 is 2.59 bits per heavy atom. The molecule has 1 saturated heterocycles. The van der Waals surface area contributed by atoms with Crippen molar-refractivity contribution in [2.75, 3.05) is 13.1 Å². The van der Waals surface area contributed by atoms with E-state index in [1.54, 1.807) is 6.26 Å². The summed E-state index contributed by atoms with van der Waals surface area (Å²) in [5.74, 6) is 0.971. The first-order valence-electron chi connectivity index (χ1n) is 8.22. The predicted octanol–water partition coefficient (Wildman–Crippen LogP) is 4.16. The summed E-state index contributed by atoms with van der Waals surface area (Å²) in [5, 5.41) is 1.13. The zero-order valence-electron chi connectivity index (χ0n) is 14.0. The summed E-state index contributed by atoms with van der Waals surface area (Å²) in [4.78, 5) is 14.6. The van der Waals surface area contributed by atoms with Gasteiger partial charge >= 0.3 is 0 Å². The number of furan rings is 1. The molecule has 2 aromatic rings. The topological polar surface area (TPSA) is 33.5 Å². The SMILES string of the molecule is Cc1cc(C)c2c(CC(=O)N3CCC(C)CC3)coc2c1C. The highest BCUT2D eigenvalue weighted by atomic mass is 16.3. The molecule has 1 fully saturated rings. The van der Waals surface area contributed by atoms with Crippen LogP contribution in [-0.2, 0) is 11.2 Å². The summed E-state index contributed by atoms with van der Waals surface area (Å²) < 4.78 is 5.78. The maximum absolute atomic E-state index is 12.6. The van der Waals surface area contributed by atoms with Gasteiger partial charge in [-0.05, 0) is 56.2 Å². The van der Waals surface area contributed by atoms with Crippen LogP contribution in [0.5, 0.6) is 0 Å². The molecule has 0 aliphatic carbocycles. The normalized spacial score (nSPS) is 16.5. The molecule has 0 atom stereocenters. The van der Waals surface area contributed by atoms with E-state index in [1.807, 2.05) is 4.90 Å². The predicted molar refractivity (Wildman–Crippen MR) is 89.1 cm³/mol. The molecule has 0 bridgehead atoms. The number of carbonyl (C=O) groups excluding carboxylic acids is 1. The quantitative estimate of drug-likeness (QED) is 0.834. The van der Waals surface area contributed by atoms with Crippen molar-refractivity contribution in [3.05, 3.63) is 34.6 Å². The van der Waals surface area contributed by atoms with Crippen molar-refractivity contribution in [3.63, 3.8) is 0 Å². The van der Waals surface area contributed by atoms with E-state index in [4.69, 9.17) is 4.42 Å². The van der Waals surface area contributed by atoms with E-state index in [0.717, 1.165) is 48.4 Å². The number of amides is 1.